The maximum atomic E-state index is 13.9. The monoisotopic (exact) mass is 382 g/mol. The first-order chi connectivity index (χ1) is 11.9. The van der Waals surface area contributed by atoms with E-state index in [4.69, 9.17) is 27.9 Å². The fraction of sp³-hybridized carbons (Fsp3) is 0.118. The molecule has 0 unspecified atom stereocenters. The minimum atomic E-state index is -0.938. The Kier molecular flexibility index (Phi) is 6.50. The van der Waals surface area contributed by atoms with Crippen LogP contribution in [-0.4, -0.2) is 17.7 Å². The summed E-state index contributed by atoms with van der Waals surface area (Å²) in [5, 5.41) is 18.4. The molecule has 0 saturated carbocycles. The molecule has 25 heavy (non-hydrogen) atoms. The average molecular weight is 383 g/mol. The van der Waals surface area contributed by atoms with E-state index in [2.05, 4.69) is 10.2 Å². The van der Waals surface area contributed by atoms with Crippen molar-refractivity contribution in [1.29, 1.82) is 0 Å². The van der Waals surface area contributed by atoms with Gasteiger partial charge in [0.2, 0.25) is 5.70 Å². The number of esters is 1. The number of aliphatic hydroxyl groups is 1. The van der Waals surface area contributed by atoms with Crippen LogP contribution in [0, 0.1) is 5.82 Å². The Labute approximate surface area is 153 Å². The van der Waals surface area contributed by atoms with Crippen molar-refractivity contribution >= 4 is 40.6 Å². The summed E-state index contributed by atoms with van der Waals surface area (Å²) in [4.78, 5) is 12.0. The van der Waals surface area contributed by atoms with Crippen LogP contribution in [0.3, 0.4) is 0 Å². The van der Waals surface area contributed by atoms with Crippen LogP contribution in [-0.2, 0) is 9.53 Å². The number of nitrogens with zero attached hydrogens (tertiary/aromatic N) is 2. The van der Waals surface area contributed by atoms with Gasteiger partial charge >= 0.3 is 5.97 Å². The summed E-state index contributed by atoms with van der Waals surface area (Å²) in [7, 11) is 0. The second kappa shape index (κ2) is 8.60. The topological polar surface area (TPSA) is 71.2 Å². The van der Waals surface area contributed by atoms with E-state index in [-0.39, 0.29) is 22.9 Å². The van der Waals surface area contributed by atoms with Gasteiger partial charge in [-0.05, 0) is 37.3 Å². The molecule has 0 aliphatic heterocycles. The molecular formula is C17H13Cl2FN2O3. The minimum absolute atomic E-state index is 0.0508. The molecule has 0 radical (unpaired) electrons. The van der Waals surface area contributed by atoms with E-state index in [1.807, 2.05) is 0 Å². The van der Waals surface area contributed by atoms with Crippen molar-refractivity contribution in [3.8, 4) is 0 Å². The van der Waals surface area contributed by atoms with Crippen LogP contribution < -0.4 is 0 Å². The van der Waals surface area contributed by atoms with Crippen LogP contribution in [0.5, 0.6) is 0 Å². The summed E-state index contributed by atoms with van der Waals surface area (Å²) in [5.74, 6) is -2.33. The Bertz CT molecular complexity index is 854. The molecule has 0 spiro atoms. The molecule has 0 atom stereocenters. The third kappa shape index (κ3) is 4.78. The number of carbonyl (C=O) groups is 1. The van der Waals surface area contributed by atoms with E-state index in [0.29, 0.717) is 5.02 Å². The summed E-state index contributed by atoms with van der Waals surface area (Å²) in [6.45, 7) is 1.64. The average Bonchev–Trinajstić information content (AvgIpc) is 2.58. The Hall–Kier alpha value is -2.44. The molecule has 8 heteroatoms. The highest BCUT2D eigenvalue weighted by atomic mass is 35.5. The van der Waals surface area contributed by atoms with Gasteiger partial charge in [0.25, 0.3) is 0 Å². The Morgan fingerprint density at radius 2 is 1.92 bits per heavy atom. The van der Waals surface area contributed by atoms with Gasteiger partial charge < -0.3 is 9.84 Å². The van der Waals surface area contributed by atoms with Gasteiger partial charge in [-0.15, -0.1) is 5.11 Å². The first kappa shape index (κ1) is 18.9. The zero-order chi connectivity index (χ0) is 18.4. The quantitative estimate of drug-likeness (QED) is 0.311. The lowest BCUT2D eigenvalue weighted by molar-refractivity contribution is -0.138. The van der Waals surface area contributed by atoms with Gasteiger partial charge in [0.15, 0.2) is 5.76 Å². The van der Waals surface area contributed by atoms with Crippen LogP contribution in [0.15, 0.2) is 58.4 Å². The van der Waals surface area contributed by atoms with E-state index < -0.39 is 23.2 Å². The van der Waals surface area contributed by atoms with Crippen molar-refractivity contribution in [1.82, 2.24) is 0 Å². The Morgan fingerprint density at radius 1 is 1.20 bits per heavy atom. The lowest BCUT2D eigenvalue weighted by Crippen LogP contribution is -2.09. The largest absolute Gasteiger partial charge is 0.505 e. The van der Waals surface area contributed by atoms with Crippen molar-refractivity contribution in [3.05, 3.63) is 69.6 Å². The molecule has 0 heterocycles. The Balaban J connectivity index is 2.47. The number of aliphatic hydroxyl groups excluding tert-OH is 1. The minimum Gasteiger partial charge on any atom is -0.505 e. The molecule has 0 aliphatic carbocycles. The van der Waals surface area contributed by atoms with Crippen molar-refractivity contribution in [2.75, 3.05) is 6.61 Å². The summed E-state index contributed by atoms with van der Waals surface area (Å²) < 4.78 is 18.7. The summed E-state index contributed by atoms with van der Waals surface area (Å²) in [6.07, 6.45) is 0. The third-order valence-electron chi connectivity index (χ3n) is 2.99. The molecule has 0 amide bonds. The summed E-state index contributed by atoms with van der Waals surface area (Å²) in [6, 6.07) is 9.85. The number of benzene rings is 2. The van der Waals surface area contributed by atoms with Gasteiger partial charge in [-0.1, -0.05) is 35.3 Å². The van der Waals surface area contributed by atoms with Crippen LogP contribution in [0.1, 0.15) is 12.5 Å². The number of rotatable bonds is 5. The van der Waals surface area contributed by atoms with Gasteiger partial charge in [-0.25, -0.2) is 9.18 Å². The maximum Gasteiger partial charge on any atom is 0.362 e. The van der Waals surface area contributed by atoms with Crippen LogP contribution in [0.25, 0.3) is 5.76 Å². The molecule has 1 N–H and O–H groups in total. The molecular weight excluding hydrogens is 370 g/mol. The van der Waals surface area contributed by atoms with E-state index in [1.165, 1.54) is 36.4 Å². The van der Waals surface area contributed by atoms with Crippen LogP contribution in [0.4, 0.5) is 10.1 Å². The SMILES string of the molecule is CCOC(=O)C(N=Nc1ccc(Cl)c(Cl)c1)=C(O)c1ccccc1F. The van der Waals surface area contributed by atoms with Crippen LogP contribution >= 0.6 is 23.2 Å². The van der Waals surface area contributed by atoms with E-state index in [9.17, 15) is 14.3 Å². The van der Waals surface area contributed by atoms with Gasteiger partial charge in [0.1, 0.15) is 5.82 Å². The molecule has 0 aromatic heterocycles. The summed E-state index contributed by atoms with van der Waals surface area (Å²) in [5.41, 5.74) is -0.436. The van der Waals surface area contributed by atoms with Crippen molar-refractivity contribution in [2.45, 2.75) is 6.92 Å². The zero-order valence-electron chi connectivity index (χ0n) is 13.0. The van der Waals surface area contributed by atoms with Crippen molar-refractivity contribution < 1.29 is 19.0 Å². The molecule has 0 bridgehead atoms. The highest BCUT2D eigenvalue weighted by molar-refractivity contribution is 6.42. The predicted molar refractivity (Wildman–Crippen MR) is 93.6 cm³/mol. The number of halogens is 3. The predicted octanol–water partition coefficient (Wildman–Crippen LogP) is 5.71. The molecule has 2 rings (SSSR count). The van der Waals surface area contributed by atoms with Gasteiger partial charge in [-0.2, -0.15) is 5.11 Å². The molecule has 5 nitrogen and oxygen atoms in total. The van der Waals surface area contributed by atoms with Crippen molar-refractivity contribution in [2.24, 2.45) is 10.2 Å². The molecule has 2 aromatic rings. The fourth-order valence-corrected chi connectivity index (χ4v) is 2.11. The Morgan fingerprint density at radius 3 is 2.56 bits per heavy atom. The maximum absolute atomic E-state index is 13.9. The lowest BCUT2D eigenvalue weighted by Gasteiger charge is -2.06. The fourth-order valence-electron chi connectivity index (χ4n) is 1.82. The standard InChI is InChI=1S/C17H13Cl2FN2O3/c1-2-25-17(24)15(16(23)11-5-3-4-6-14(11)20)22-21-10-7-8-12(18)13(19)9-10/h3-9,23H,2H2,1H3. The number of carbonyl (C=O) groups excluding carboxylic acids is 1. The molecule has 0 fully saturated rings. The van der Waals surface area contributed by atoms with Gasteiger partial charge in [0.05, 0.1) is 27.9 Å². The number of ether oxygens (including phenoxy) is 1. The molecule has 0 aliphatic rings. The molecule has 0 saturated heterocycles. The molecule has 130 valence electrons. The first-order valence-electron chi connectivity index (χ1n) is 7.16. The van der Waals surface area contributed by atoms with E-state index in [0.717, 1.165) is 6.07 Å². The first-order valence-corrected chi connectivity index (χ1v) is 7.91. The number of hydrogen-bond acceptors (Lipinski definition) is 5. The third-order valence-corrected chi connectivity index (χ3v) is 3.73. The lowest BCUT2D eigenvalue weighted by atomic mass is 10.1. The van der Waals surface area contributed by atoms with Gasteiger partial charge in [0, 0.05) is 0 Å². The van der Waals surface area contributed by atoms with Gasteiger partial charge in [-0.3, -0.25) is 0 Å². The second-order valence-corrected chi connectivity index (χ2v) is 5.51. The second-order valence-electron chi connectivity index (χ2n) is 4.70. The zero-order valence-corrected chi connectivity index (χ0v) is 14.6. The summed E-state index contributed by atoms with van der Waals surface area (Å²) >= 11 is 11.7. The smallest absolute Gasteiger partial charge is 0.362 e. The number of azo groups is 1. The van der Waals surface area contributed by atoms with Crippen LogP contribution in [0.2, 0.25) is 10.0 Å². The molecule has 2 aromatic carbocycles. The normalized spacial score (nSPS) is 12.2. The van der Waals surface area contributed by atoms with Crippen molar-refractivity contribution in [3.63, 3.8) is 0 Å². The number of hydrogen-bond donors (Lipinski definition) is 1. The highest BCUT2D eigenvalue weighted by Crippen LogP contribution is 2.28. The highest BCUT2D eigenvalue weighted by Gasteiger charge is 2.20. The van der Waals surface area contributed by atoms with E-state index >= 15 is 0 Å². The van der Waals surface area contributed by atoms with E-state index in [1.54, 1.807) is 6.92 Å².